The lowest BCUT2D eigenvalue weighted by Crippen LogP contribution is -2.29. The van der Waals surface area contributed by atoms with Crippen LogP contribution in [-0.4, -0.2) is 28.9 Å². The van der Waals surface area contributed by atoms with Gasteiger partial charge in [-0.2, -0.15) is 0 Å². The van der Waals surface area contributed by atoms with Gasteiger partial charge < -0.3 is 9.84 Å². The Morgan fingerprint density at radius 1 is 1.14 bits per heavy atom. The number of hydrogen-bond donors (Lipinski definition) is 1. The highest BCUT2D eigenvalue weighted by Crippen LogP contribution is 2.42. The molecule has 1 aliphatic heterocycles. The van der Waals surface area contributed by atoms with Crippen molar-refractivity contribution in [1.82, 2.24) is 4.98 Å². The van der Waals surface area contributed by atoms with Crippen LogP contribution in [0.5, 0.6) is 5.75 Å². The Balaban J connectivity index is 1.91. The van der Waals surface area contributed by atoms with Crippen molar-refractivity contribution in [2.45, 2.75) is 6.04 Å². The topological polar surface area (TPSA) is 79.7 Å². The first-order valence-electron chi connectivity index (χ1n) is 8.61. The second-order valence-corrected chi connectivity index (χ2v) is 7.14. The SMILES string of the molecule is COc1ccc([C@H]2/C(=C(\O)c3ccc(F)cc3)C(=O)C(=O)N2c2nccs2)cc1. The Labute approximate surface area is 169 Å². The molecule has 0 aliphatic carbocycles. The predicted octanol–water partition coefficient (Wildman–Crippen LogP) is 3.92. The van der Waals surface area contributed by atoms with E-state index in [0.29, 0.717) is 16.4 Å². The maximum absolute atomic E-state index is 13.3. The van der Waals surface area contributed by atoms with E-state index in [1.54, 1.807) is 29.6 Å². The molecule has 4 rings (SSSR count). The van der Waals surface area contributed by atoms with Crippen LogP contribution in [-0.2, 0) is 9.59 Å². The van der Waals surface area contributed by atoms with Crippen LogP contribution in [0.25, 0.3) is 5.76 Å². The molecule has 0 bridgehead atoms. The molecule has 1 aliphatic rings. The molecule has 8 heteroatoms. The van der Waals surface area contributed by atoms with E-state index in [0.717, 1.165) is 0 Å². The van der Waals surface area contributed by atoms with E-state index in [1.165, 1.54) is 53.8 Å². The molecule has 2 heterocycles. The van der Waals surface area contributed by atoms with Crippen LogP contribution in [0.2, 0.25) is 0 Å². The standard InChI is InChI=1S/C21H15FN2O4S/c1-28-15-8-4-12(5-9-15)17-16(18(25)13-2-6-14(22)7-3-13)19(26)20(27)24(17)21-23-10-11-29-21/h2-11,17,25H,1H3/b18-16+/t17-/m0/s1. The maximum atomic E-state index is 13.3. The van der Waals surface area contributed by atoms with Crippen molar-refractivity contribution in [2.24, 2.45) is 0 Å². The van der Waals surface area contributed by atoms with Crippen LogP contribution >= 0.6 is 11.3 Å². The molecule has 29 heavy (non-hydrogen) atoms. The van der Waals surface area contributed by atoms with Crippen molar-refractivity contribution in [1.29, 1.82) is 0 Å². The first-order chi connectivity index (χ1) is 14.0. The highest BCUT2D eigenvalue weighted by atomic mass is 32.1. The van der Waals surface area contributed by atoms with Gasteiger partial charge in [0.15, 0.2) is 5.13 Å². The molecule has 1 saturated heterocycles. The summed E-state index contributed by atoms with van der Waals surface area (Å²) in [5.41, 5.74) is 0.757. The Bertz CT molecular complexity index is 1090. The van der Waals surface area contributed by atoms with Gasteiger partial charge in [-0.05, 0) is 42.0 Å². The number of nitrogens with zero attached hydrogens (tertiary/aromatic N) is 2. The minimum Gasteiger partial charge on any atom is -0.507 e. The van der Waals surface area contributed by atoms with Crippen LogP contribution in [0.4, 0.5) is 9.52 Å². The number of thiazole rings is 1. The average Bonchev–Trinajstić information content (AvgIpc) is 3.35. The number of carbonyl (C=O) groups is 2. The summed E-state index contributed by atoms with van der Waals surface area (Å²) in [7, 11) is 1.53. The number of Topliss-reactive ketones (excluding diaryl/α,β-unsaturated/α-hetero) is 1. The molecule has 3 aromatic rings. The summed E-state index contributed by atoms with van der Waals surface area (Å²) in [5, 5.41) is 12.9. The number of aromatic nitrogens is 1. The summed E-state index contributed by atoms with van der Waals surface area (Å²) >= 11 is 1.21. The molecule has 1 aromatic heterocycles. The van der Waals surface area contributed by atoms with Crippen LogP contribution in [0.15, 0.2) is 65.7 Å². The molecule has 1 fully saturated rings. The normalized spacial score (nSPS) is 18.3. The predicted molar refractivity (Wildman–Crippen MR) is 106 cm³/mol. The van der Waals surface area contributed by atoms with Gasteiger partial charge in [0.25, 0.3) is 5.78 Å². The average molecular weight is 410 g/mol. The molecule has 0 unspecified atom stereocenters. The number of benzene rings is 2. The van der Waals surface area contributed by atoms with Gasteiger partial charge in [0.1, 0.15) is 17.3 Å². The van der Waals surface area contributed by atoms with Crippen LogP contribution < -0.4 is 9.64 Å². The van der Waals surface area contributed by atoms with E-state index in [4.69, 9.17) is 4.74 Å². The number of hydrogen-bond acceptors (Lipinski definition) is 6. The van der Waals surface area contributed by atoms with E-state index in [2.05, 4.69) is 4.98 Å². The van der Waals surface area contributed by atoms with Crippen molar-refractivity contribution in [3.05, 3.63) is 82.6 Å². The van der Waals surface area contributed by atoms with Crippen LogP contribution in [0, 0.1) is 5.82 Å². The third kappa shape index (κ3) is 3.27. The molecule has 0 radical (unpaired) electrons. The number of aliphatic hydroxyl groups is 1. The summed E-state index contributed by atoms with van der Waals surface area (Å²) in [6.07, 6.45) is 1.53. The smallest absolute Gasteiger partial charge is 0.301 e. The molecule has 1 N–H and O–H groups in total. The van der Waals surface area contributed by atoms with Gasteiger partial charge in [0.05, 0.1) is 18.7 Å². The van der Waals surface area contributed by atoms with Crippen LogP contribution in [0.3, 0.4) is 0 Å². The van der Waals surface area contributed by atoms with Gasteiger partial charge in [0.2, 0.25) is 0 Å². The lowest BCUT2D eigenvalue weighted by atomic mass is 9.95. The number of carbonyl (C=O) groups excluding carboxylic acids is 2. The van der Waals surface area contributed by atoms with Gasteiger partial charge in [-0.15, -0.1) is 11.3 Å². The number of ketones is 1. The van der Waals surface area contributed by atoms with Crippen molar-refractivity contribution < 1.29 is 23.8 Å². The second-order valence-electron chi connectivity index (χ2n) is 6.26. The Morgan fingerprint density at radius 3 is 2.41 bits per heavy atom. The van der Waals surface area contributed by atoms with E-state index >= 15 is 0 Å². The lowest BCUT2D eigenvalue weighted by molar-refractivity contribution is -0.132. The zero-order chi connectivity index (χ0) is 20.5. The third-order valence-electron chi connectivity index (χ3n) is 4.62. The fourth-order valence-corrected chi connectivity index (χ4v) is 3.90. The van der Waals surface area contributed by atoms with Gasteiger partial charge >= 0.3 is 5.91 Å². The summed E-state index contributed by atoms with van der Waals surface area (Å²) in [4.78, 5) is 31.1. The maximum Gasteiger partial charge on any atom is 0.301 e. The van der Waals surface area contributed by atoms with Crippen molar-refractivity contribution >= 4 is 33.9 Å². The summed E-state index contributed by atoms with van der Waals surface area (Å²) in [6, 6.07) is 11.0. The summed E-state index contributed by atoms with van der Waals surface area (Å²) in [5.74, 6) is -1.86. The quantitative estimate of drug-likeness (QED) is 0.401. The number of ether oxygens (including phenoxy) is 1. The number of aliphatic hydroxyl groups excluding tert-OH is 1. The molecule has 146 valence electrons. The van der Waals surface area contributed by atoms with Gasteiger partial charge in [-0.1, -0.05) is 12.1 Å². The third-order valence-corrected chi connectivity index (χ3v) is 5.39. The van der Waals surface area contributed by atoms with Crippen molar-refractivity contribution in [3.63, 3.8) is 0 Å². The van der Waals surface area contributed by atoms with Crippen molar-refractivity contribution in [2.75, 3.05) is 12.0 Å². The number of amides is 1. The van der Waals surface area contributed by atoms with E-state index < -0.39 is 23.5 Å². The van der Waals surface area contributed by atoms with Crippen LogP contribution in [0.1, 0.15) is 17.2 Å². The minimum absolute atomic E-state index is 0.0815. The Kier molecular flexibility index (Phi) is 4.85. The van der Waals surface area contributed by atoms with Gasteiger partial charge in [-0.25, -0.2) is 9.37 Å². The largest absolute Gasteiger partial charge is 0.507 e. The fraction of sp³-hybridized carbons (Fsp3) is 0.0952. The molecule has 1 amide bonds. The zero-order valence-corrected chi connectivity index (χ0v) is 16.0. The highest BCUT2D eigenvalue weighted by Gasteiger charge is 2.47. The molecule has 0 saturated carbocycles. The van der Waals surface area contributed by atoms with E-state index in [1.807, 2.05) is 0 Å². The molecule has 2 aromatic carbocycles. The number of methoxy groups -OCH3 is 1. The monoisotopic (exact) mass is 410 g/mol. The zero-order valence-electron chi connectivity index (χ0n) is 15.2. The fourth-order valence-electron chi connectivity index (χ4n) is 3.23. The van der Waals surface area contributed by atoms with Crippen molar-refractivity contribution in [3.8, 4) is 5.75 Å². The highest BCUT2D eigenvalue weighted by molar-refractivity contribution is 7.14. The first-order valence-corrected chi connectivity index (χ1v) is 9.49. The summed E-state index contributed by atoms with van der Waals surface area (Å²) in [6.45, 7) is 0. The lowest BCUT2D eigenvalue weighted by Gasteiger charge is -2.23. The summed E-state index contributed by atoms with van der Waals surface area (Å²) < 4.78 is 18.5. The minimum atomic E-state index is -0.878. The van der Waals surface area contributed by atoms with E-state index in [9.17, 15) is 19.1 Å². The number of anilines is 1. The molecule has 1 atom stereocenters. The molecule has 6 nitrogen and oxygen atoms in total. The Morgan fingerprint density at radius 2 is 1.83 bits per heavy atom. The number of rotatable bonds is 4. The first kappa shape index (κ1) is 18.8. The number of halogens is 1. The molecule has 0 spiro atoms. The van der Waals surface area contributed by atoms with E-state index in [-0.39, 0.29) is 16.9 Å². The second kappa shape index (κ2) is 7.48. The van der Waals surface area contributed by atoms with Gasteiger partial charge in [0, 0.05) is 17.1 Å². The Hall–Kier alpha value is -3.52. The van der Waals surface area contributed by atoms with Gasteiger partial charge in [-0.3, -0.25) is 14.5 Å². The molecular weight excluding hydrogens is 395 g/mol. The molecular formula is C21H15FN2O4S.